The molecule has 0 fully saturated rings. The quantitative estimate of drug-likeness (QED) is 0.729. The van der Waals surface area contributed by atoms with Crippen molar-refractivity contribution in [3.63, 3.8) is 0 Å². The number of aryl methyl sites for hydroxylation is 2. The second-order valence-electron chi connectivity index (χ2n) is 4.09. The van der Waals surface area contributed by atoms with Crippen molar-refractivity contribution in [1.82, 2.24) is 24.1 Å². The van der Waals surface area contributed by atoms with Crippen molar-refractivity contribution >= 4 is 5.65 Å². The minimum Gasteiger partial charge on any atom is -0.390 e. The van der Waals surface area contributed by atoms with Gasteiger partial charge in [0.25, 0.3) is 0 Å². The van der Waals surface area contributed by atoms with Crippen molar-refractivity contribution in [3.8, 4) is 5.82 Å². The first-order valence-corrected chi connectivity index (χ1v) is 5.68. The third-order valence-electron chi connectivity index (χ3n) is 2.83. The SMILES string of the molecule is Cc1nc(C)n(-c2nc3ccccn3c2CO)n1. The molecule has 6 heteroatoms. The molecule has 0 bridgehead atoms. The van der Waals surface area contributed by atoms with Crippen molar-refractivity contribution in [3.05, 3.63) is 41.7 Å². The topological polar surface area (TPSA) is 68.2 Å². The van der Waals surface area contributed by atoms with Gasteiger partial charge in [-0.2, -0.15) is 4.68 Å². The van der Waals surface area contributed by atoms with Crippen molar-refractivity contribution in [2.24, 2.45) is 0 Å². The molecule has 18 heavy (non-hydrogen) atoms. The Morgan fingerprint density at radius 3 is 2.72 bits per heavy atom. The molecule has 0 aromatic carbocycles. The van der Waals surface area contributed by atoms with Crippen molar-refractivity contribution in [2.45, 2.75) is 20.5 Å². The van der Waals surface area contributed by atoms with E-state index in [4.69, 9.17) is 0 Å². The molecule has 3 rings (SSSR count). The highest BCUT2D eigenvalue weighted by Gasteiger charge is 2.15. The molecule has 0 radical (unpaired) electrons. The number of rotatable bonds is 2. The van der Waals surface area contributed by atoms with Crippen LogP contribution >= 0.6 is 0 Å². The van der Waals surface area contributed by atoms with Gasteiger partial charge in [0.2, 0.25) is 0 Å². The average molecular weight is 243 g/mol. The molecule has 0 spiro atoms. The molecule has 6 nitrogen and oxygen atoms in total. The smallest absolute Gasteiger partial charge is 0.180 e. The van der Waals surface area contributed by atoms with Gasteiger partial charge in [0.05, 0.1) is 12.3 Å². The summed E-state index contributed by atoms with van der Waals surface area (Å²) >= 11 is 0. The second-order valence-corrected chi connectivity index (χ2v) is 4.09. The Hall–Kier alpha value is -2.21. The first-order valence-electron chi connectivity index (χ1n) is 5.68. The highest BCUT2D eigenvalue weighted by Crippen LogP contribution is 2.17. The van der Waals surface area contributed by atoms with Crippen LogP contribution in [0.5, 0.6) is 0 Å². The van der Waals surface area contributed by atoms with Gasteiger partial charge in [0.1, 0.15) is 17.3 Å². The Labute approximate surface area is 104 Å². The molecule has 0 saturated heterocycles. The minimum atomic E-state index is -0.0984. The van der Waals surface area contributed by atoms with Crippen LogP contribution in [-0.4, -0.2) is 29.3 Å². The largest absolute Gasteiger partial charge is 0.390 e. The first kappa shape index (κ1) is 10.9. The molecule has 0 amide bonds. The van der Waals surface area contributed by atoms with E-state index >= 15 is 0 Å². The maximum Gasteiger partial charge on any atom is 0.180 e. The zero-order valence-electron chi connectivity index (χ0n) is 10.2. The lowest BCUT2D eigenvalue weighted by atomic mass is 10.4. The molecule has 1 N–H and O–H groups in total. The number of hydrogen-bond acceptors (Lipinski definition) is 4. The van der Waals surface area contributed by atoms with E-state index < -0.39 is 0 Å². The molecule has 0 atom stereocenters. The van der Waals surface area contributed by atoms with Crippen LogP contribution in [0.15, 0.2) is 24.4 Å². The molecule has 92 valence electrons. The number of nitrogens with zero attached hydrogens (tertiary/aromatic N) is 5. The molecule has 0 aliphatic carbocycles. The Bertz CT molecular complexity index is 712. The maximum absolute atomic E-state index is 9.54. The fraction of sp³-hybridized carbons (Fsp3) is 0.250. The summed E-state index contributed by atoms with van der Waals surface area (Å²) < 4.78 is 3.51. The van der Waals surface area contributed by atoms with Gasteiger partial charge in [0, 0.05) is 6.20 Å². The highest BCUT2D eigenvalue weighted by atomic mass is 16.3. The number of imidazole rings is 1. The van der Waals surface area contributed by atoms with Gasteiger partial charge in [-0.1, -0.05) is 6.07 Å². The zero-order chi connectivity index (χ0) is 12.7. The fourth-order valence-corrected chi connectivity index (χ4v) is 2.07. The number of aromatic nitrogens is 5. The number of fused-ring (bicyclic) bond motifs is 1. The van der Waals surface area contributed by atoms with Crippen molar-refractivity contribution < 1.29 is 5.11 Å². The highest BCUT2D eigenvalue weighted by molar-refractivity contribution is 5.48. The van der Waals surface area contributed by atoms with Crippen LogP contribution in [0.3, 0.4) is 0 Å². The molecular weight excluding hydrogens is 230 g/mol. The number of pyridine rings is 1. The monoisotopic (exact) mass is 243 g/mol. The van der Waals surface area contributed by atoms with E-state index in [9.17, 15) is 5.11 Å². The molecule has 0 aliphatic rings. The van der Waals surface area contributed by atoms with Crippen molar-refractivity contribution in [1.29, 1.82) is 0 Å². The van der Waals surface area contributed by atoms with E-state index in [0.717, 1.165) is 11.5 Å². The van der Waals surface area contributed by atoms with Crippen LogP contribution in [0.25, 0.3) is 11.5 Å². The van der Waals surface area contributed by atoms with Gasteiger partial charge >= 0.3 is 0 Å². The summed E-state index contributed by atoms with van der Waals surface area (Å²) in [6, 6.07) is 5.70. The lowest BCUT2D eigenvalue weighted by molar-refractivity contribution is 0.275. The van der Waals surface area contributed by atoms with E-state index in [0.29, 0.717) is 17.3 Å². The van der Waals surface area contributed by atoms with Crippen LogP contribution in [-0.2, 0) is 6.61 Å². The molecule has 3 aromatic rings. The Morgan fingerprint density at radius 1 is 1.22 bits per heavy atom. The summed E-state index contributed by atoms with van der Waals surface area (Å²) in [6.07, 6.45) is 1.87. The lowest BCUT2D eigenvalue weighted by Gasteiger charge is -2.02. The number of aliphatic hydroxyl groups excluding tert-OH is 1. The normalized spacial score (nSPS) is 11.3. The summed E-state index contributed by atoms with van der Waals surface area (Å²) in [6.45, 7) is 3.60. The van der Waals surface area contributed by atoms with Gasteiger partial charge in [-0.25, -0.2) is 9.97 Å². The van der Waals surface area contributed by atoms with Gasteiger partial charge in [-0.05, 0) is 26.0 Å². The van der Waals surface area contributed by atoms with Crippen molar-refractivity contribution in [2.75, 3.05) is 0 Å². The van der Waals surface area contributed by atoms with E-state index in [1.165, 1.54) is 0 Å². The number of hydrogen-bond donors (Lipinski definition) is 1. The van der Waals surface area contributed by atoms with Gasteiger partial charge in [0.15, 0.2) is 5.82 Å². The van der Waals surface area contributed by atoms with Crippen LogP contribution in [0.2, 0.25) is 0 Å². The Morgan fingerprint density at radius 2 is 2.06 bits per heavy atom. The number of aliphatic hydroxyl groups is 1. The molecular formula is C12H13N5O. The summed E-state index contributed by atoms with van der Waals surface area (Å²) in [5, 5.41) is 13.8. The summed E-state index contributed by atoms with van der Waals surface area (Å²) in [5.41, 5.74) is 1.49. The van der Waals surface area contributed by atoms with Crippen LogP contribution < -0.4 is 0 Å². The van der Waals surface area contributed by atoms with Crippen LogP contribution in [0.1, 0.15) is 17.3 Å². The van der Waals surface area contributed by atoms with E-state index in [2.05, 4.69) is 15.1 Å². The molecule has 0 unspecified atom stereocenters. The van der Waals surface area contributed by atoms with Gasteiger partial charge in [-0.15, -0.1) is 5.10 Å². The Balaban J connectivity index is 2.32. The average Bonchev–Trinajstić information content (AvgIpc) is 2.88. The molecule has 0 aliphatic heterocycles. The molecule has 3 heterocycles. The maximum atomic E-state index is 9.54. The van der Waals surface area contributed by atoms with E-state index in [1.807, 2.05) is 42.6 Å². The zero-order valence-corrected chi connectivity index (χ0v) is 10.2. The van der Waals surface area contributed by atoms with E-state index in [-0.39, 0.29) is 6.61 Å². The molecule has 0 saturated carbocycles. The summed E-state index contributed by atoms with van der Waals surface area (Å²) in [5.74, 6) is 2.07. The predicted molar refractivity (Wildman–Crippen MR) is 65.5 cm³/mol. The summed E-state index contributed by atoms with van der Waals surface area (Å²) in [7, 11) is 0. The predicted octanol–water partition coefficient (Wildman–Crippen LogP) is 1.02. The Kier molecular flexibility index (Phi) is 2.38. The summed E-state index contributed by atoms with van der Waals surface area (Å²) in [4.78, 5) is 8.75. The third-order valence-corrected chi connectivity index (χ3v) is 2.83. The van der Waals surface area contributed by atoms with Gasteiger partial charge < -0.3 is 5.11 Å². The lowest BCUT2D eigenvalue weighted by Crippen LogP contribution is -2.04. The standard InChI is InChI=1S/C12H13N5O/c1-8-13-9(2)17(15-8)12-10(7-18)16-6-4-3-5-11(16)14-12/h3-6,18H,7H2,1-2H3. The van der Waals surface area contributed by atoms with Gasteiger partial charge in [-0.3, -0.25) is 4.40 Å². The van der Waals surface area contributed by atoms with E-state index in [1.54, 1.807) is 4.68 Å². The fourth-order valence-electron chi connectivity index (χ4n) is 2.07. The minimum absolute atomic E-state index is 0.0984. The van der Waals surface area contributed by atoms with Crippen LogP contribution in [0, 0.1) is 13.8 Å². The third kappa shape index (κ3) is 1.50. The first-order chi connectivity index (χ1) is 8.70. The second kappa shape index (κ2) is 3.92. The van der Waals surface area contributed by atoms with Crippen LogP contribution in [0.4, 0.5) is 0 Å². The molecule has 3 aromatic heterocycles.